The van der Waals surface area contributed by atoms with E-state index in [1.807, 2.05) is 24.3 Å². The minimum Gasteiger partial charge on any atom is -0.497 e. The topological polar surface area (TPSA) is 94.3 Å². The third-order valence-corrected chi connectivity index (χ3v) is 3.32. The van der Waals surface area contributed by atoms with Crippen molar-refractivity contribution in [1.29, 1.82) is 0 Å². The van der Waals surface area contributed by atoms with Gasteiger partial charge in [-0.05, 0) is 24.1 Å². The molecule has 0 aliphatic heterocycles. The Hall–Kier alpha value is -2.54. The number of rotatable bonds is 9. The lowest BCUT2D eigenvalue weighted by Crippen LogP contribution is -2.11. The summed E-state index contributed by atoms with van der Waals surface area (Å²) in [6.45, 7) is 2.06. The van der Waals surface area contributed by atoms with Crippen LogP contribution < -0.4 is 21.1 Å². The normalized spacial score (nSPS) is 10.3. The Kier molecular flexibility index (Phi) is 6.43. The van der Waals surface area contributed by atoms with Gasteiger partial charge in [-0.1, -0.05) is 12.1 Å². The van der Waals surface area contributed by atoms with Crippen LogP contribution in [-0.2, 0) is 11.3 Å². The van der Waals surface area contributed by atoms with Gasteiger partial charge in [-0.25, -0.2) is 9.97 Å². The average molecular weight is 317 g/mol. The largest absolute Gasteiger partial charge is 0.497 e. The van der Waals surface area contributed by atoms with Gasteiger partial charge in [0.1, 0.15) is 17.8 Å². The molecule has 0 atom stereocenters. The van der Waals surface area contributed by atoms with Crippen molar-refractivity contribution in [3.05, 3.63) is 36.2 Å². The molecule has 124 valence electrons. The molecule has 0 radical (unpaired) electrons. The van der Waals surface area contributed by atoms with E-state index in [4.69, 9.17) is 15.2 Å². The zero-order chi connectivity index (χ0) is 16.5. The van der Waals surface area contributed by atoms with Gasteiger partial charge >= 0.3 is 0 Å². The third kappa shape index (κ3) is 5.00. The van der Waals surface area contributed by atoms with Crippen molar-refractivity contribution in [2.24, 2.45) is 0 Å². The molecule has 2 aromatic rings. The molecule has 0 unspecified atom stereocenters. The molecule has 0 bridgehead atoms. The number of anilines is 3. The predicted octanol–water partition coefficient (Wildman–Crippen LogP) is 2.13. The molecule has 1 heterocycles. The molecule has 1 aromatic carbocycles. The Bertz CT molecular complexity index is 604. The first-order valence-corrected chi connectivity index (χ1v) is 7.44. The van der Waals surface area contributed by atoms with Gasteiger partial charge in [0.2, 0.25) is 0 Å². The summed E-state index contributed by atoms with van der Waals surface area (Å²) >= 11 is 0. The van der Waals surface area contributed by atoms with Crippen LogP contribution in [-0.4, -0.2) is 37.3 Å². The van der Waals surface area contributed by atoms with E-state index in [1.165, 1.54) is 6.33 Å². The Morgan fingerprint density at radius 1 is 1.04 bits per heavy atom. The smallest absolute Gasteiger partial charge is 0.155 e. The maximum absolute atomic E-state index is 6.11. The third-order valence-electron chi connectivity index (χ3n) is 3.32. The lowest BCUT2D eigenvalue weighted by atomic mass is 10.2. The number of nitrogens with one attached hydrogen (secondary N) is 2. The highest BCUT2D eigenvalue weighted by atomic mass is 16.5. The summed E-state index contributed by atoms with van der Waals surface area (Å²) in [6.07, 6.45) is 2.37. The summed E-state index contributed by atoms with van der Waals surface area (Å²) in [5, 5.41) is 6.42. The van der Waals surface area contributed by atoms with E-state index in [0.29, 0.717) is 30.5 Å². The van der Waals surface area contributed by atoms with Crippen LogP contribution in [0.3, 0.4) is 0 Å². The summed E-state index contributed by atoms with van der Waals surface area (Å²) in [4.78, 5) is 8.37. The highest BCUT2D eigenvalue weighted by Gasteiger charge is 2.07. The quantitative estimate of drug-likeness (QED) is 0.610. The summed E-state index contributed by atoms with van der Waals surface area (Å²) in [6, 6.07) is 7.83. The van der Waals surface area contributed by atoms with Crippen molar-refractivity contribution in [2.75, 3.05) is 43.7 Å². The number of hydrogen-bond donors (Lipinski definition) is 3. The maximum atomic E-state index is 6.11. The highest BCUT2D eigenvalue weighted by Crippen LogP contribution is 2.23. The molecule has 0 amide bonds. The molecule has 2 rings (SSSR count). The number of hydrogen-bond acceptors (Lipinski definition) is 7. The first kappa shape index (κ1) is 16.8. The van der Waals surface area contributed by atoms with Crippen molar-refractivity contribution >= 4 is 17.3 Å². The summed E-state index contributed by atoms with van der Waals surface area (Å²) in [5.74, 6) is 2.08. The fourth-order valence-corrected chi connectivity index (χ4v) is 2.03. The van der Waals surface area contributed by atoms with Crippen LogP contribution in [0, 0.1) is 0 Å². The number of aromatic nitrogens is 2. The first-order valence-electron chi connectivity index (χ1n) is 7.44. The van der Waals surface area contributed by atoms with E-state index in [9.17, 15) is 0 Å². The molecular formula is C16H23N5O2. The Balaban J connectivity index is 1.93. The minimum atomic E-state index is 0.512. The lowest BCUT2D eigenvalue weighted by Gasteiger charge is -2.12. The molecule has 0 aliphatic carbocycles. The molecule has 7 nitrogen and oxygen atoms in total. The van der Waals surface area contributed by atoms with Gasteiger partial charge in [0.25, 0.3) is 0 Å². The van der Waals surface area contributed by atoms with Crippen molar-refractivity contribution < 1.29 is 9.47 Å². The van der Waals surface area contributed by atoms with Gasteiger partial charge in [-0.2, -0.15) is 0 Å². The molecule has 0 aliphatic rings. The standard InChI is InChI=1S/C16H23N5O2/c1-22-9-3-8-18-15-14(17)16(21-11-20-15)19-10-12-4-6-13(23-2)7-5-12/h4-7,11H,3,8-10,17H2,1-2H3,(H2,18,19,20,21). The van der Waals surface area contributed by atoms with Crippen molar-refractivity contribution in [1.82, 2.24) is 9.97 Å². The van der Waals surface area contributed by atoms with E-state index >= 15 is 0 Å². The summed E-state index contributed by atoms with van der Waals surface area (Å²) in [7, 11) is 3.33. The van der Waals surface area contributed by atoms with E-state index in [0.717, 1.165) is 24.3 Å². The van der Waals surface area contributed by atoms with Crippen molar-refractivity contribution in [2.45, 2.75) is 13.0 Å². The number of benzene rings is 1. The molecule has 0 saturated heterocycles. The SMILES string of the molecule is COCCCNc1ncnc(NCc2ccc(OC)cc2)c1N. The van der Waals surface area contributed by atoms with Crippen LogP contribution in [0.5, 0.6) is 5.75 Å². The Morgan fingerprint density at radius 2 is 1.74 bits per heavy atom. The number of nitrogens with zero attached hydrogens (tertiary/aromatic N) is 2. The molecule has 0 fully saturated rings. The number of methoxy groups -OCH3 is 2. The van der Waals surface area contributed by atoms with Crippen LogP contribution in [0.1, 0.15) is 12.0 Å². The minimum absolute atomic E-state index is 0.512. The summed E-state index contributed by atoms with van der Waals surface area (Å²) in [5.41, 5.74) is 7.73. The zero-order valence-corrected chi connectivity index (χ0v) is 13.5. The van der Waals surface area contributed by atoms with E-state index in [2.05, 4.69) is 20.6 Å². The molecule has 7 heteroatoms. The summed E-state index contributed by atoms with van der Waals surface area (Å²) < 4.78 is 10.2. The second kappa shape index (κ2) is 8.79. The second-order valence-electron chi connectivity index (χ2n) is 4.96. The number of nitrogens with two attached hydrogens (primary N) is 1. The van der Waals surface area contributed by atoms with Gasteiger partial charge < -0.3 is 25.8 Å². The van der Waals surface area contributed by atoms with E-state index in [1.54, 1.807) is 14.2 Å². The van der Waals surface area contributed by atoms with Gasteiger partial charge in [0, 0.05) is 26.8 Å². The van der Waals surface area contributed by atoms with Crippen molar-refractivity contribution in [3.63, 3.8) is 0 Å². The predicted molar refractivity (Wildman–Crippen MR) is 91.7 cm³/mol. The molecule has 0 spiro atoms. The molecule has 4 N–H and O–H groups in total. The monoisotopic (exact) mass is 317 g/mol. The van der Waals surface area contributed by atoms with Crippen LogP contribution in [0.2, 0.25) is 0 Å². The Morgan fingerprint density at radius 3 is 2.39 bits per heavy atom. The number of ether oxygens (including phenoxy) is 2. The second-order valence-corrected chi connectivity index (χ2v) is 4.96. The highest BCUT2D eigenvalue weighted by molar-refractivity contribution is 5.73. The molecular weight excluding hydrogens is 294 g/mol. The first-order chi connectivity index (χ1) is 11.2. The van der Waals surface area contributed by atoms with Crippen LogP contribution in [0.25, 0.3) is 0 Å². The Labute approximate surface area is 136 Å². The van der Waals surface area contributed by atoms with Gasteiger partial charge in [0.15, 0.2) is 11.6 Å². The van der Waals surface area contributed by atoms with E-state index in [-0.39, 0.29) is 0 Å². The van der Waals surface area contributed by atoms with Crippen LogP contribution in [0.15, 0.2) is 30.6 Å². The average Bonchev–Trinajstić information content (AvgIpc) is 2.59. The van der Waals surface area contributed by atoms with E-state index < -0.39 is 0 Å². The molecule has 0 saturated carbocycles. The van der Waals surface area contributed by atoms with Gasteiger partial charge in [0.05, 0.1) is 7.11 Å². The molecule has 1 aromatic heterocycles. The maximum Gasteiger partial charge on any atom is 0.155 e. The van der Waals surface area contributed by atoms with Gasteiger partial charge in [-0.15, -0.1) is 0 Å². The zero-order valence-electron chi connectivity index (χ0n) is 13.5. The fraction of sp³-hybridized carbons (Fsp3) is 0.375. The van der Waals surface area contributed by atoms with Crippen molar-refractivity contribution in [3.8, 4) is 5.75 Å². The fourth-order valence-electron chi connectivity index (χ4n) is 2.03. The molecule has 23 heavy (non-hydrogen) atoms. The van der Waals surface area contributed by atoms with Gasteiger partial charge in [-0.3, -0.25) is 0 Å². The number of nitrogen functional groups attached to an aromatic ring is 1. The van der Waals surface area contributed by atoms with Crippen LogP contribution in [0.4, 0.5) is 17.3 Å². The van der Waals surface area contributed by atoms with Crippen LogP contribution >= 0.6 is 0 Å². The lowest BCUT2D eigenvalue weighted by molar-refractivity contribution is 0.198.